The van der Waals surface area contributed by atoms with E-state index in [2.05, 4.69) is 6.92 Å². The van der Waals surface area contributed by atoms with Gasteiger partial charge in [-0.1, -0.05) is 45.4 Å². The van der Waals surface area contributed by atoms with Crippen molar-refractivity contribution >= 4 is 5.78 Å². The first-order chi connectivity index (χ1) is 6.81. The third kappa shape index (κ3) is 9.72. The van der Waals surface area contributed by atoms with Crippen molar-refractivity contribution < 1.29 is 9.90 Å². The molecule has 0 radical (unpaired) electrons. The van der Waals surface area contributed by atoms with Crippen LogP contribution in [-0.4, -0.2) is 17.5 Å². The Bertz CT molecular complexity index is 132. The van der Waals surface area contributed by atoms with Gasteiger partial charge in [-0.2, -0.15) is 0 Å². The molecule has 0 aromatic heterocycles. The molecule has 84 valence electrons. The first-order valence-electron chi connectivity index (χ1n) is 5.93. The van der Waals surface area contributed by atoms with Gasteiger partial charge in [0.2, 0.25) is 0 Å². The average molecular weight is 200 g/mol. The lowest BCUT2D eigenvalue weighted by Gasteiger charge is -2.00. The molecule has 0 bridgehead atoms. The number of hydrogen-bond donors (Lipinski definition) is 1. The second-order valence-electron chi connectivity index (χ2n) is 3.88. The minimum Gasteiger partial charge on any atom is -0.396 e. The number of unbranched alkanes of at least 4 members (excludes halogenated alkanes) is 6. The van der Waals surface area contributed by atoms with Crippen LogP contribution in [0.2, 0.25) is 0 Å². The van der Waals surface area contributed by atoms with Crippen molar-refractivity contribution in [1.82, 2.24) is 0 Å². The van der Waals surface area contributed by atoms with Gasteiger partial charge in [0.05, 0.1) is 0 Å². The molecule has 1 N–H and O–H groups in total. The Morgan fingerprint density at radius 3 is 2.07 bits per heavy atom. The van der Waals surface area contributed by atoms with Gasteiger partial charge in [0.1, 0.15) is 5.78 Å². The maximum Gasteiger partial charge on any atom is 0.135 e. The van der Waals surface area contributed by atoms with Crippen LogP contribution in [0.15, 0.2) is 0 Å². The zero-order valence-corrected chi connectivity index (χ0v) is 9.43. The quantitative estimate of drug-likeness (QED) is 0.550. The van der Waals surface area contributed by atoms with Crippen LogP contribution in [0, 0.1) is 0 Å². The van der Waals surface area contributed by atoms with E-state index >= 15 is 0 Å². The topological polar surface area (TPSA) is 37.3 Å². The molecule has 0 rings (SSSR count). The van der Waals surface area contributed by atoms with Crippen LogP contribution in [0.25, 0.3) is 0 Å². The number of aliphatic hydroxyl groups excluding tert-OH is 1. The molecular weight excluding hydrogens is 176 g/mol. The zero-order valence-electron chi connectivity index (χ0n) is 9.43. The Hall–Kier alpha value is -0.370. The average Bonchev–Trinajstić information content (AvgIpc) is 2.17. The summed E-state index contributed by atoms with van der Waals surface area (Å²) in [4.78, 5) is 11.0. The van der Waals surface area contributed by atoms with E-state index in [1.165, 1.54) is 38.5 Å². The van der Waals surface area contributed by atoms with Gasteiger partial charge >= 0.3 is 0 Å². The van der Waals surface area contributed by atoms with Crippen molar-refractivity contribution in [3.63, 3.8) is 0 Å². The van der Waals surface area contributed by atoms with Gasteiger partial charge in [-0.3, -0.25) is 4.79 Å². The van der Waals surface area contributed by atoms with Gasteiger partial charge in [0.25, 0.3) is 0 Å². The Labute approximate surface area is 87.7 Å². The molecule has 0 amide bonds. The minimum absolute atomic E-state index is 0.00926. The molecule has 2 nitrogen and oxygen atoms in total. The molecular formula is C12H24O2. The van der Waals surface area contributed by atoms with Crippen LogP contribution in [0.1, 0.15) is 64.7 Å². The highest BCUT2D eigenvalue weighted by molar-refractivity contribution is 5.78. The summed E-state index contributed by atoms with van der Waals surface area (Å²) in [7, 11) is 0. The van der Waals surface area contributed by atoms with Crippen molar-refractivity contribution in [2.75, 3.05) is 6.61 Å². The van der Waals surface area contributed by atoms with Crippen LogP contribution >= 0.6 is 0 Å². The van der Waals surface area contributed by atoms with Gasteiger partial charge in [0.15, 0.2) is 0 Å². The molecule has 14 heavy (non-hydrogen) atoms. The largest absolute Gasteiger partial charge is 0.396 e. The van der Waals surface area contributed by atoms with Crippen LogP contribution < -0.4 is 0 Å². The molecule has 0 unspecified atom stereocenters. The van der Waals surface area contributed by atoms with Gasteiger partial charge in [-0.25, -0.2) is 0 Å². The van der Waals surface area contributed by atoms with Crippen LogP contribution in [0.5, 0.6) is 0 Å². The second kappa shape index (κ2) is 10.7. The molecule has 0 fully saturated rings. The van der Waals surface area contributed by atoms with Crippen LogP contribution in [0.3, 0.4) is 0 Å². The van der Waals surface area contributed by atoms with E-state index in [1.807, 2.05) is 0 Å². The highest BCUT2D eigenvalue weighted by Gasteiger charge is 1.99. The molecule has 0 aliphatic rings. The fourth-order valence-electron chi connectivity index (χ4n) is 1.53. The fourth-order valence-corrected chi connectivity index (χ4v) is 1.53. The molecule has 0 spiro atoms. The summed E-state index contributed by atoms with van der Waals surface area (Å²) in [6.45, 7) is 2.23. The van der Waals surface area contributed by atoms with E-state index in [0.717, 1.165) is 6.42 Å². The number of rotatable bonds is 10. The first-order valence-corrected chi connectivity index (χ1v) is 5.93. The number of Topliss-reactive ketones (excluding diaryl/α,β-unsaturated/α-hetero) is 1. The molecule has 0 saturated heterocycles. The minimum atomic E-state index is 0.00926. The third-order valence-corrected chi connectivity index (χ3v) is 2.45. The zero-order chi connectivity index (χ0) is 10.6. The normalized spacial score (nSPS) is 10.4. The maximum absolute atomic E-state index is 11.0. The third-order valence-electron chi connectivity index (χ3n) is 2.45. The number of carbonyl (C=O) groups is 1. The number of hydrogen-bond acceptors (Lipinski definition) is 2. The summed E-state index contributed by atoms with van der Waals surface area (Å²) in [6.07, 6.45) is 9.70. The smallest absolute Gasteiger partial charge is 0.135 e. The molecule has 0 heterocycles. The van der Waals surface area contributed by atoms with E-state index < -0.39 is 0 Å². The molecule has 0 aliphatic carbocycles. The standard InChI is InChI=1S/C12H24O2/c1-2-3-4-5-6-7-8-9-12(14)10-11-13/h13H,2-11H2,1H3. The predicted molar refractivity (Wildman–Crippen MR) is 59.3 cm³/mol. The van der Waals surface area contributed by atoms with Gasteiger partial charge in [0, 0.05) is 19.4 Å². The lowest BCUT2D eigenvalue weighted by molar-refractivity contribution is -0.119. The summed E-state index contributed by atoms with van der Waals surface area (Å²) in [5, 5.41) is 8.52. The first kappa shape index (κ1) is 13.6. The Balaban J connectivity index is 3.01. The van der Waals surface area contributed by atoms with Gasteiger partial charge in [-0.05, 0) is 6.42 Å². The maximum atomic E-state index is 11.0. The Kier molecular flexibility index (Phi) is 10.4. The van der Waals surface area contributed by atoms with Gasteiger partial charge < -0.3 is 5.11 Å². The van der Waals surface area contributed by atoms with Crippen molar-refractivity contribution in [2.24, 2.45) is 0 Å². The SMILES string of the molecule is CCCCCCCCCC(=O)CCO. The van der Waals surface area contributed by atoms with Crippen molar-refractivity contribution in [3.05, 3.63) is 0 Å². The Morgan fingerprint density at radius 2 is 1.50 bits per heavy atom. The highest BCUT2D eigenvalue weighted by atomic mass is 16.3. The summed E-state index contributed by atoms with van der Waals surface area (Å²) >= 11 is 0. The molecule has 0 saturated carbocycles. The summed E-state index contributed by atoms with van der Waals surface area (Å²) < 4.78 is 0. The monoisotopic (exact) mass is 200 g/mol. The van der Waals surface area contributed by atoms with E-state index in [-0.39, 0.29) is 12.4 Å². The van der Waals surface area contributed by atoms with E-state index in [1.54, 1.807) is 0 Å². The number of aliphatic hydroxyl groups is 1. The summed E-state index contributed by atoms with van der Waals surface area (Å²) in [5.74, 6) is 0.209. The molecule has 0 aliphatic heterocycles. The van der Waals surface area contributed by atoms with Gasteiger partial charge in [-0.15, -0.1) is 0 Å². The second-order valence-corrected chi connectivity index (χ2v) is 3.88. The fraction of sp³-hybridized carbons (Fsp3) is 0.917. The van der Waals surface area contributed by atoms with Crippen LogP contribution in [-0.2, 0) is 4.79 Å². The molecule has 0 aromatic carbocycles. The molecule has 2 heteroatoms. The predicted octanol–water partition coefficient (Wildman–Crippen LogP) is 3.08. The Morgan fingerprint density at radius 1 is 0.929 bits per heavy atom. The number of ketones is 1. The van der Waals surface area contributed by atoms with E-state index in [9.17, 15) is 4.79 Å². The molecule has 0 aromatic rings. The van der Waals surface area contributed by atoms with Crippen LogP contribution in [0.4, 0.5) is 0 Å². The lowest BCUT2D eigenvalue weighted by atomic mass is 10.1. The van der Waals surface area contributed by atoms with Crippen molar-refractivity contribution in [3.8, 4) is 0 Å². The van der Waals surface area contributed by atoms with Crippen molar-refractivity contribution in [2.45, 2.75) is 64.7 Å². The summed E-state index contributed by atoms with van der Waals surface area (Å²) in [5.41, 5.74) is 0. The van der Waals surface area contributed by atoms with E-state index in [0.29, 0.717) is 12.8 Å². The highest BCUT2D eigenvalue weighted by Crippen LogP contribution is 2.08. The van der Waals surface area contributed by atoms with Crippen molar-refractivity contribution in [1.29, 1.82) is 0 Å². The summed E-state index contributed by atoms with van der Waals surface area (Å²) in [6, 6.07) is 0. The number of carbonyl (C=O) groups excluding carboxylic acids is 1. The van der Waals surface area contributed by atoms with E-state index in [4.69, 9.17) is 5.11 Å². The molecule has 0 atom stereocenters. The lowest BCUT2D eigenvalue weighted by Crippen LogP contribution is -2.00.